The van der Waals surface area contributed by atoms with Gasteiger partial charge in [-0.15, -0.1) is 0 Å². The van der Waals surface area contributed by atoms with E-state index in [2.05, 4.69) is 10.1 Å². The number of hydrogen-bond acceptors (Lipinski definition) is 4. The van der Waals surface area contributed by atoms with Crippen LogP contribution in [0.25, 0.3) is 0 Å². The zero-order valence-electron chi connectivity index (χ0n) is 11.4. The molecule has 108 valence electrons. The Bertz CT molecular complexity index is 360. The number of carbonyl (C=O) groups is 3. The van der Waals surface area contributed by atoms with Gasteiger partial charge in [0.1, 0.15) is 0 Å². The lowest BCUT2D eigenvalue weighted by molar-refractivity contribution is -0.151. The minimum Gasteiger partial charge on any atom is -0.481 e. The lowest BCUT2D eigenvalue weighted by Gasteiger charge is -2.24. The van der Waals surface area contributed by atoms with Crippen LogP contribution < -0.4 is 5.32 Å². The van der Waals surface area contributed by atoms with E-state index in [0.717, 1.165) is 12.8 Å². The Kier molecular flexibility index (Phi) is 5.32. The molecule has 0 radical (unpaired) electrons. The number of rotatable bonds is 6. The predicted molar refractivity (Wildman–Crippen MR) is 67.4 cm³/mol. The maximum atomic E-state index is 11.9. The van der Waals surface area contributed by atoms with Gasteiger partial charge in [-0.05, 0) is 19.8 Å². The third-order valence-electron chi connectivity index (χ3n) is 3.62. The highest BCUT2D eigenvalue weighted by atomic mass is 16.5. The van der Waals surface area contributed by atoms with Gasteiger partial charge in [-0.3, -0.25) is 14.4 Å². The highest BCUT2D eigenvalue weighted by Crippen LogP contribution is 2.41. The number of amides is 1. The van der Waals surface area contributed by atoms with Crippen LogP contribution in [-0.2, 0) is 19.1 Å². The average molecular weight is 271 g/mol. The number of aliphatic carboxylic acids is 1. The van der Waals surface area contributed by atoms with Crippen molar-refractivity contribution in [2.75, 3.05) is 7.11 Å². The van der Waals surface area contributed by atoms with Gasteiger partial charge in [0.25, 0.3) is 0 Å². The molecule has 1 rings (SSSR count). The van der Waals surface area contributed by atoms with Crippen molar-refractivity contribution in [3.63, 3.8) is 0 Å². The molecular formula is C13H21NO5. The van der Waals surface area contributed by atoms with Gasteiger partial charge in [0.15, 0.2) is 0 Å². The van der Waals surface area contributed by atoms with Crippen molar-refractivity contribution in [2.45, 2.75) is 51.5 Å². The Morgan fingerprint density at radius 3 is 2.37 bits per heavy atom. The molecule has 6 nitrogen and oxygen atoms in total. The number of hydrogen-bond donors (Lipinski definition) is 2. The van der Waals surface area contributed by atoms with Crippen LogP contribution in [0, 0.1) is 5.41 Å². The van der Waals surface area contributed by atoms with E-state index in [0.29, 0.717) is 12.8 Å². The number of esters is 1. The molecule has 0 aromatic heterocycles. The molecule has 1 amide bonds. The van der Waals surface area contributed by atoms with Crippen molar-refractivity contribution in [2.24, 2.45) is 5.41 Å². The number of carboxylic acids is 1. The number of ether oxygens (including phenoxy) is 1. The molecule has 1 atom stereocenters. The molecular weight excluding hydrogens is 250 g/mol. The smallest absolute Gasteiger partial charge is 0.310 e. The van der Waals surface area contributed by atoms with Gasteiger partial charge in [0.05, 0.1) is 18.9 Å². The molecule has 1 aliphatic rings. The maximum Gasteiger partial charge on any atom is 0.310 e. The van der Waals surface area contributed by atoms with Crippen molar-refractivity contribution >= 4 is 17.8 Å². The number of methoxy groups -OCH3 is 1. The van der Waals surface area contributed by atoms with E-state index in [4.69, 9.17) is 0 Å². The van der Waals surface area contributed by atoms with Crippen LogP contribution in [0.15, 0.2) is 0 Å². The van der Waals surface area contributed by atoms with Gasteiger partial charge >= 0.3 is 11.9 Å². The molecule has 0 aromatic carbocycles. The fourth-order valence-electron chi connectivity index (χ4n) is 2.54. The standard InChI is InChI=1S/C13H21NO5/c1-9(7-11(16)19-2)14-10(15)8-13(12(17)18)5-3-4-6-13/h9H,3-8H2,1-2H3,(H,14,15)(H,17,18). The first-order valence-corrected chi connectivity index (χ1v) is 6.49. The fraction of sp³-hybridized carbons (Fsp3) is 0.769. The Morgan fingerprint density at radius 1 is 1.32 bits per heavy atom. The highest BCUT2D eigenvalue weighted by molar-refractivity contribution is 5.85. The second kappa shape index (κ2) is 6.54. The molecule has 0 aliphatic heterocycles. The minimum atomic E-state index is -0.922. The average Bonchev–Trinajstić information content (AvgIpc) is 2.78. The third kappa shape index (κ3) is 4.22. The summed E-state index contributed by atoms with van der Waals surface area (Å²) in [7, 11) is 1.29. The molecule has 6 heteroatoms. The summed E-state index contributed by atoms with van der Waals surface area (Å²) in [6.45, 7) is 1.69. The lowest BCUT2D eigenvalue weighted by Crippen LogP contribution is -2.40. The second-order valence-corrected chi connectivity index (χ2v) is 5.22. The van der Waals surface area contributed by atoms with Crippen LogP contribution >= 0.6 is 0 Å². The summed E-state index contributed by atoms with van der Waals surface area (Å²) in [6, 6.07) is -0.354. The first-order chi connectivity index (χ1) is 8.89. The zero-order chi connectivity index (χ0) is 14.5. The maximum absolute atomic E-state index is 11.9. The van der Waals surface area contributed by atoms with Crippen molar-refractivity contribution in [3.8, 4) is 0 Å². The lowest BCUT2D eigenvalue weighted by atomic mass is 9.82. The summed E-state index contributed by atoms with van der Waals surface area (Å²) in [5.74, 6) is -1.62. The number of carboxylic acid groups (broad SMARTS) is 1. The first kappa shape index (κ1) is 15.5. The van der Waals surface area contributed by atoms with Gasteiger partial charge in [0, 0.05) is 12.5 Å². The Morgan fingerprint density at radius 2 is 1.89 bits per heavy atom. The molecule has 19 heavy (non-hydrogen) atoms. The minimum absolute atomic E-state index is 0.0200. The van der Waals surface area contributed by atoms with Gasteiger partial charge in [-0.2, -0.15) is 0 Å². The normalized spacial score (nSPS) is 18.6. The van der Waals surface area contributed by atoms with Crippen LogP contribution in [0.2, 0.25) is 0 Å². The van der Waals surface area contributed by atoms with Crippen molar-refractivity contribution in [3.05, 3.63) is 0 Å². The Hall–Kier alpha value is -1.59. The molecule has 0 heterocycles. The second-order valence-electron chi connectivity index (χ2n) is 5.22. The summed E-state index contributed by atoms with van der Waals surface area (Å²) >= 11 is 0. The monoisotopic (exact) mass is 271 g/mol. The van der Waals surface area contributed by atoms with Crippen LogP contribution in [0.3, 0.4) is 0 Å². The van der Waals surface area contributed by atoms with E-state index in [9.17, 15) is 19.5 Å². The molecule has 1 saturated carbocycles. The highest BCUT2D eigenvalue weighted by Gasteiger charge is 2.43. The largest absolute Gasteiger partial charge is 0.481 e. The molecule has 1 fully saturated rings. The van der Waals surface area contributed by atoms with E-state index in [1.54, 1.807) is 6.92 Å². The van der Waals surface area contributed by atoms with E-state index in [1.165, 1.54) is 7.11 Å². The summed E-state index contributed by atoms with van der Waals surface area (Å²) in [6.07, 6.45) is 2.84. The summed E-state index contributed by atoms with van der Waals surface area (Å²) < 4.78 is 4.51. The van der Waals surface area contributed by atoms with Crippen LogP contribution in [0.1, 0.15) is 45.4 Å². The molecule has 0 spiro atoms. The van der Waals surface area contributed by atoms with Crippen molar-refractivity contribution in [1.29, 1.82) is 0 Å². The predicted octanol–water partition coefficient (Wildman–Crippen LogP) is 1.09. The molecule has 1 aliphatic carbocycles. The summed E-state index contributed by atoms with van der Waals surface area (Å²) in [4.78, 5) is 34.2. The van der Waals surface area contributed by atoms with Crippen molar-refractivity contribution in [1.82, 2.24) is 5.32 Å². The first-order valence-electron chi connectivity index (χ1n) is 6.49. The fourth-order valence-corrected chi connectivity index (χ4v) is 2.54. The van der Waals surface area contributed by atoms with E-state index < -0.39 is 17.4 Å². The molecule has 0 saturated heterocycles. The van der Waals surface area contributed by atoms with Crippen LogP contribution in [0.5, 0.6) is 0 Å². The summed E-state index contributed by atoms with van der Waals surface area (Å²) in [5.41, 5.74) is -0.922. The SMILES string of the molecule is COC(=O)CC(C)NC(=O)CC1(C(=O)O)CCCC1. The van der Waals surface area contributed by atoms with E-state index >= 15 is 0 Å². The Balaban J connectivity index is 2.50. The van der Waals surface area contributed by atoms with Crippen molar-refractivity contribution < 1.29 is 24.2 Å². The van der Waals surface area contributed by atoms with Crippen LogP contribution in [0.4, 0.5) is 0 Å². The topological polar surface area (TPSA) is 92.7 Å². The Labute approximate surface area is 112 Å². The quantitative estimate of drug-likeness (QED) is 0.705. The van der Waals surface area contributed by atoms with Gasteiger partial charge < -0.3 is 15.2 Å². The zero-order valence-corrected chi connectivity index (χ0v) is 11.4. The molecule has 0 bridgehead atoms. The number of nitrogens with one attached hydrogen (secondary N) is 1. The third-order valence-corrected chi connectivity index (χ3v) is 3.62. The van der Waals surface area contributed by atoms with Gasteiger partial charge in [-0.1, -0.05) is 12.8 Å². The molecule has 2 N–H and O–H groups in total. The van der Waals surface area contributed by atoms with E-state index in [-0.39, 0.29) is 24.8 Å². The van der Waals surface area contributed by atoms with E-state index in [1.807, 2.05) is 0 Å². The van der Waals surface area contributed by atoms with Gasteiger partial charge in [-0.25, -0.2) is 0 Å². The molecule has 1 unspecified atom stereocenters. The van der Waals surface area contributed by atoms with Gasteiger partial charge in [0.2, 0.25) is 5.91 Å². The van der Waals surface area contributed by atoms with Crippen LogP contribution in [-0.4, -0.2) is 36.1 Å². The molecule has 0 aromatic rings. The number of carbonyl (C=O) groups excluding carboxylic acids is 2. The summed E-state index contributed by atoms with van der Waals surface area (Å²) in [5, 5.41) is 11.9.